The molecular weight excluding hydrogens is 474 g/mol. The summed E-state index contributed by atoms with van der Waals surface area (Å²) in [5.41, 5.74) is 1.50. The van der Waals surface area contributed by atoms with Gasteiger partial charge in [-0.1, -0.05) is 41.4 Å². The third-order valence-corrected chi connectivity index (χ3v) is 6.41. The first kappa shape index (κ1) is 25.3. The van der Waals surface area contributed by atoms with Gasteiger partial charge in [-0.3, -0.25) is 14.3 Å². The van der Waals surface area contributed by atoms with E-state index in [2.05, 4.69) is 15.4 Å². The maximum absolute atomic E-state index is 12.8. The molecule has 0 unspecified atom stereocenters. The number of para-hydroxylation sites is 1. The Labute approximate surface area is 204 Å². The predicted molar refractivity (Wildman–Crippen MR) is 135 cm³/mol. The summed E-state index contributed by atoms with van der Waals surface area (Å²) in [7, 11) is -3.84. The molecule has 3 N–H and O–H groups in total. The SMILES string of the molecule is Cc1ccc(S(=O)(=O)Nc2ccc(C(=O)Nc3ccccc3C(=O)NC(C)(C)C)cc2Cl)cc1. The molecule has 0 bridgehead atoms. The number of anilines is 2. The molecule has 9 heteroatoms. The van der Waals surface area contributed by atoms with Crippen LogP contribution in [0.15, 0.2) is 71.6 Å². The van der Waals surface area contributed by atoms with Crippen LogP contribution in [0.2, 0.25) is 5.02 Å². The van der Waals surface area contributed by atoms with E-state index in [-0.39, 0.29) is 27.1 Å². The largest absolute Gasteiger partial charge is 0.347 e. The van der Waals surface area contributed by atoms with Crippen molar-refractivity contribution in [3.63, 3.8) is 0 Å². The minimum absolute atomic E-state index is 0.0575. The van der Waals surface area contributed by atoms with Gasteiger partial charge in [0.1, 0.15) is 0 Å². The third kappa shape index (κ3) is 6.36. The van der Waals surface area contributed by atoms with E-state index in [1.807, 2.05) is 27.7 Å². The smallest absolute Gasteiger partial charge is 0.261 e. The van der Waals surface area contributed by atoms with Crippen LogP contribution in [0.1, 0.15) is 47.1 Å². The number of carbonyl (C=O) groups excluding carboxylic acids is 2. The highest BCUT2D eigenvalue weighted by molar-refractivity contribution is 7.92. The van der Waals surface area contributed by atoms with Gasteiger partial charge in [0.25, 0.3) is 21.8 Å². The molecule has 3 aromatic rings. The highest BCUT2D eigenvalue weighted by Gasteiger charge is 2.20. The van der Waals surface area contributed by atoms with Crippen LogP contribution >= 0.6 is 11.6 Å². The zero-order valence-electron chi connectivity index (χ0n) is 19.3. The van der Waals surface area contributed by atoms with Crippen molar-refractivity contribution in [1.82, 2.24) is 5.32 Å². The highest BCUT2D eigenvalue weighted by Crippen LogP contribution is 2.27. The number of hydrogen-bond acceptors (Lipinski definition) is 4. The summed E-state index contributed by atoms with van der Waals surface area (Å²) in [6.07, 6.45) is 0. The molecule has 0 radical (unpaired) electrons. The van der Waals surface area contributed by atoms with Crippen LogP contribution in [0, 0.1) is 6.92 Å². The molecule has 0 saturated heterocycles. The van der Waals surface area contributed by atoms with Gasteiger partial charge in [0.15, 0.2) is 0 Å². The Kier molecular flexibility index (Phi) is 7.33. The zero-order chi connectivity index (χ0) is 25.1. The lowest BCUT2D eigenvalue weighted by molar-refractivity contribution is 0.0920. The predicted octanol–water partition coefficient (Wildman–Crippen LogP) is 5.23. The quantitative estimate of drug-likeness (QED) is 0.432. The van der Waals surface area contributed by atoms with Crippen LogP contribution < -0.4 is 15.4 Å². The average molecular weight is 500 g/mol. The summed E-state index contributed by atoms with van der Waals surface area (Å²) < 4.78 is 27.7. The van der Waals surface area contributed by atoms with E-state index in [1.54, 1.807) is 36.4 Å². The minimum Gasteiger partial charge on any atom is -0.347 e. The molecule has 0 fully saturated rings. The third-order valence-electron chi connectivity index (χ3n) is 4.72. The summed E-state index contributed by atoms with van der Waals surface area (Å²) in [6.45, 7) is 7.45. The lowest BCUT2D eigenvalue weighted by Gasteiger charge is -2.21. The van der Waals surface area contributed by atoms with Gasteiger partial charge >= 0.3 is 0 Å². The molecule has 0 heterocycles. The Bertz CT molecular complexity index is 1330. The number of rotatable bonds is 6. The fourth-order valence-electron chi connectivity index (χ4n) is 3.05. The maximum Gasteiger partial charge on any atom is 0.261 e. The molecule has 3 aromatic carbocycles. The van der Waals surface area contributed by atoms with Gasteiger partial charge in [0.2, 0.25) is 0 Å². The van der Waals surface area contributed by atoms with Crippen LogP contribution in [0.5, 0.6) is 0 Å². The number of aryl methyl sites for hydroxylation is 1. The Morgan fingerprint density at radius 1 is 0.853 bits per heavy atom. The van der Waals surface area contributed by atoms with Crippen LogP contribution in [0.4, 0.5) is 11.4 Å². The second kappa shape index (κ2) is 9.87. The summed E-state index contributed by atoms with van der Waals surface area (Å²) in [5.74, 6) is -0.812. The summed E-state index contributed by atoms with van der Waals surface area (Å²) in [4.78, 5) is 25.6. The Morgan fingerprint density at radius 2 is 1.50 bits per heavy atom. The van der Waals surface area contributed by atoms with Gasteiger partial charge in [0, 0.05) is 11.1 Å². The molecule has 3 rings (SSSR count). The zero-order valence-corrected chi connectivity index (χ0v) is 20.8. The number of sulfonamides is 1. The molecule has 0 aromatic heterocycles. The molecule has 0 aliphatic rings. The second-order valence-corrected chi connectivity index (χ2v) is 10.9. The Morgan fingerprint density at radius 3 is 2.12 bits per heavy atom. The molecule has 7 nitrogen and oxygen atoms in total. The van der Waals surface area contributed by atoms with E-state index < -0.39 is 21.5 Å². The number of carbonyl (C=O) groups is 2. The second-order valence-electron chi connectivity index (χ2n) is 8.82. The topological polar surface area (TPSA) is 104 Å². The normalized spacial score (nSPS) is 11.6. The summed E-state index contributed by atoms with van der Waals surface area (Å²) in [6, 6.07) is 17.3. The van der Waals surface area contributed by atoms with E-state index in [9.17, 15) is 18.0 Å². The molecule has 0 spiro atoms. The van der Waals surface area contributed by atoms with Gasteiger partial charge in [-0.05, 0) is 70.2 Å². The highest BCUT2D eigenvalue weighted by atomic mass is 35.5. The molecule has 0 aliphatic carbocycles. The van der Waals surface area contributed by atoms with Gasteiger partial charge < -0.3 is 10.6 Å². The van der Waals surface area contributed by atoms with Crippen molar-refractivity contribution in [2.75, 3.05) is 10.0 Å². The van der Waals surface area contributed by atoms with Crippen LogP contribution in [-0.2, 0) is 10.0 Å². The number of nitrogens with one attached hydrogen (secondary N) is 3. The van der Waals surface area contributed by atoms with E-state index in [4.69, 9.17) is 11.6 Å². The van der Waals surface area contributed by atoms with Crippen LogP contribution in [0.25, 0.3) is 0 Å². The summed E-state index contributed by atoms with van der Waals surface area (Å²) >= 11 is 6.28. The fourth-order valence-corrected chi connectivity index (χ4v) is 4.42. The van der Waals surface area contributed by atoms with Crippen molar-refractivity contribution in [2.24, 2.45) is 0 Å². The van der Waals surface area contributed by atoms with Crippen LogP contribution in [-0.4, -0.2) is 25.8 Å². The van der Waals surface area contributed by atoms with Crippen molar-refractivity contribution < 1.29 is 18.0 Å². The van der Waals surface area contributed by atoms with Crippen molar-refractivity contribution in [3.8, 4) is 0 Å². The van der Waals surface area contributed by atoms with Gasteiger partial charge in [-0.25, -0.2) is 8.42 Å². The molecule has 0 atom stereocenters. The van der Waals surface area contributed by atoms with Crippen molar-refractivity contribution in [3.05, 3.63) is 88.4 Å². The van der Waals surface area contributed by atoms with Crippen molar-refractivity contribution in [2.45, 2.75) is 38.1 Å². The first-order chi connectivity index (χ1) is 15.9. The summed E-state index contributed by atoms with van der Waals surface area (Å²) in [5, 5.41) is 5.65. The number of benzene rings is 3. The van der Waals surface area contributed by atoms with Gasteiger partial charge in [0.05, 0.1) is 26.9 Å². The fraction of sp³-hybridized carbons (Fsp3) is 0.200. The molecule has 0 saturated carbocycles. The number of halogens is 1. The molecule has 2 amide bonds. The number of amides is 2. The first-order valence-corrected chi connectivity index (χ1v) is 12.3. The van der Waals surface area contributed by atoms with Crippen molar-refractivity contribution >= 4 is 44.8 Å². The first-order valence-electron chi connectivity index (χ1n) is 10.5. The standard InChI is InChI=1S/C25H26ClN3O4S/c1-16-9-12-18(13-10-16)34(32,33)29-22-14-11-17(15-20(22)26)23(30)27-21-8-6-5-7-19(21)24(31)28-25(2,3)4/h5-15,29H,1-4H3,(H,27,30)(H,28,31). The molecule has 34 heavy (non-hydrogen) atoms. The van der Waals surface area contributed by atoms with Gasteiger partial charge in [-0.2, -0.15) is 0 Å². The average Bonchev–Trinajstić information content (AvgIpc) is 2.74. The minimum atomic E-state index is -3.84. The van der Waals surface area contributed by atoms with Crippen LogP contribution in [0.3, 0.4) is 0 Å². The Hall–Kier alpha value is -3.36. The van der Waals surface area contributed by atoms with E-state index in [1.165, 1.54) is 30.3 Å². The van der Waals surface area contributed by atoms with E-state index in [0.29, 0.717) is 11.3 Å². The molecular formula is C25H26ClN3O4S. The van der Waals surface area contributed by atoms with E-state index in [0.717, 1.165) is 5.56 Å². The molecule has 178 valence electrons. The lowest BCUT2D eigenvalue weighted by Crippen LogP contribution is -2.40. The van der Waals surface area contributed by atoms with Gasteiger partial charge in [-0.15, -0.1) is 0 Å². The Balaban J connectivity index is 1.79. The van der Waals surface area contributed by atoms with Crippen molar-refractivity contribution in [1.29, 1.82) is 0 Å². The molecule has 0 aliphatic heterocycles. The lowest BCUT2D eigenvalue weighted by atomic mass is 10.1. The maximum atomic E-state index is 12.8. The monoisotopic (exact) mass is 499 g/mol. The van der Waals surface area contributed by atoms with E-state index >= 15 is 0 Å². The number of hydrogen-bond donors (Lipinski definition) is 3.